The highest BCUT2D eigenvalue weighted by atomic mass is 32.2. The molecule has 0 atom stereocenters. The summed E-state index contributed by atoms with van der Waals surface area (Å²) < 4.78 is 26.6. The van der Waals surface area contributed by atoms with Crippen molar-refractivity contribution < 1.29 is 23.2 Å². The second-order valence-electron chi connectivity index (χ2n) is 4.45. The molecule has 8 nitrogen and oxygen atoms in total. The van der Waals surface area contributed by atoms with Gasteiger partial charge in [-0.15, -0.1) is 0 Å². The van der Waals surface area contributed by atoms with Crippen molar-refractivity contribution in [3.63, 3.8) is 0 Å². The fourth-order valence-electron chi connectivity index (χ4n) is 1.80. The van der Waals surface area contributed by atoms with E-state index in [-0.39, 0.29) is 23.4 Å². The highest BCUT2D eigenvalue weighted by Crippen LogP contribution is 2.21. The van der Waals surface area contributed by atoms with Crippen molar-refractivity contribution >= 4 is 21.7 Å². The number of rotatable bonds is 7. The minimum atomic E-state index is -4.08. The number of carboxylic acid groups (broad SMARTS) is 1. The molecule has 21 heavy (non-hydrogen) atoms. The van der Waals surface area contributed by atoms with Gasteiger partial charge in [0.2, 0.25) is 10.0 Å². The standard InChI is InChI=1S/C12H16N2O6S/c1-3-12(4-2,11(15)16)13-21(19,20)10-7-5-9(6-8-10)14(17)18/h5-8,13H,3-4H2,1-2H3,(H,15,16). The van der Waals surface area contributed by atoms with Crippen LogP contribution < -0.4 is 4.72 Å². The van der Waals surface area contributed by atoms with Gasteiger partial charge in [-0.05, 0) is 25.0 Å². The molecule has 0 aliphatic heterocycles. The minimum absolute atomic E-state index is 0.0744. The predicted molar refractivity (Wildman–Crippen MR) is 74.4 cm³/mol. The first kappa shape index (κ1) is 17.1. The van der Waals surface area contributed by atoms with Gasteiger partial charge in [0.05, 0.1) is 9.82 Å². The molecule has 0 saturated carbocycles. The largest absolute Gasteiger partial charge is 0.480 e. The minimum Gasteiger partial charge on any atom is -0.480 e. The number of nitrogens with one attached hydrogen (secondary N) is 1. The van der Waals surface area contributed by atoms with Crippen molar-refractivity contribution in [1.82, 2.24) is 4.72 Å². The van der Waals surface area contributed by atoms with Crippen molar-refractivity contribution in [3.8, 4) is 0 Å². The summed E-state index contributed by atoms with van der Waals surface area (Å²) in [6, 6.07) is 4.24. The Hall–Kier alpha value is -2.00. The maximum absolute atomic E-state index is 12.2. The number of hydrogen-bond acceptors (Lipinski definition) is 5. The smallest absolute Gasteiger partial charge is 0.324 e. The molecule has 2 N–H and O–H groups in total. The van der Waals surface area contributed by atoms with Crippen molar-refractivity contribution in [2.75, 3.05) is 0 Å². The Morgan fingerprint density at radius 3 is 2.10 bits per heavy atom. The third-order valence-electron chi connectivity index (χ3n) is 3.30. The van der Waals surface area contributed by atoms with Crippen molar-refractivity contribution in [2.24, 2.45) is 0 Å². The lowest BCUT2D eigenvalue weighted by Gasteiger charge is -2.27. The third-order valence-corrected chi connectivity index (χ3v) is 4.86. The van der Waals surface area contributed by atoms with Crippen LogP contribution in [0.15, 0.2) is 29.2 Å². The number of benzene rings is 1. The first-order valence-corrected chi connectivity index (χ1v) is 7.68. The number of aliphatic carboxylic acids is 1. The van der Waals surface area contributed by atoms with Gasteiger partial charge in [0.25, 0.3) is 5.69 Å². The molecule has 0 aliphatic rings. The van der Waals surface area contributed by atoms with E-state index in [2.05, 4.69) is 4.72 Å². The molecule has 116 valence electrons. The van der Waals surface area contributed by atoms with Gasteiger partial charge in [-0.1, -0.05) is 13.8 Å². The number of hydrogen-bond donors (Lipinski definition) is 2. The number of nitro groups is 1. The molecule has 0 spiro atoms. The Bertz CT molecular complexity index is 634. The summed E-state index contributed by atoms with van der Waals surface area (Å²) >= 11 is 0. The first-order chi connectivity index (χ1) is 9.68. The van der Waals surface area contributed by atoms with Crippen molar-refractivity contribution in [1.29, 1.82) is 0 Å². The van der Waals surface area contributed by atoms with Crippen LogP contribution in [0.5, 0.6) is 0 Å². The Labute approximate surface area is 122 Å². The van der Waals surface area contributed by atoms with Crippen molar-refractivity contribution in [3.05, 3.63) is 34.4 Å². The van der Waals surface area contributed by atoms with Gasteiger partial charge in [0.15, 0.2) is 0 Å². The van der Waals surface area contributed by atoms with Gasteiger partial charge in [0, 0.05) is 12.1 Å². The van der Waals surface area contributed by atoms with Crippen LogP contribution in [0, 0.1) is 10.1 Å². The van der Waals surface area contributed by atoms with Crippen LogP contribution in [0.25, 0.3) is 0 Å². The molecule has 0 radical (unpaired) electrons. The number of sulfonamides is 1. The summed E-state index contributed by atoms with van der Waals surface area (Å²) in [6.07, 6.45) is 0.149. The van der Waals surface area contributed by atoms with Crippen LogP contribution in [-0.2, 0) is 14.8 Å². The average molecular weight is 316 g/mol. The van der Waals surface area contributed by atoms with E-state index in [0.29, 0.717) is 0 Å². The molecule has 0 heterocycles. The Morgan fingerprint density at radius 2 is 1.76 bits per heavy atom. The molecule has 0 unspecified atom stereocenters. The summed E-state index contributed by atoms with van der Waals surface area (Å²) in [5.74, 6) is -1.27. The molecular weight excluding hydrogens is 300 g/mol. The average Bonchev–Trinajstić information content (AvgIpc) is 2.44. The lowest BCUT2D eigenvalue weighted by Crippen LogP contribution is -2.53. The van der Waals surface area contributed by atoms with E-state index in [0.717, 1.165) is 24.3 Å². The van der Waals surface area contributed by atoms with Crippen LogP contribution in [0.1, 0.15) is 26.7 Å². The van der Waals surface area contributed by atoms with Crippen LogP contribution >= 0.6 is 0 Å². The molecule has 0 bridgehead atoms. The molecule has 0 saturated heterocycles. The van der Waals surface area contributed by atoms with Gasteiger partial charge in [-0.3, -0.25) is 14.9 Å². The van der Waals surface area contributed by atoms with Crippen LogP contribution in [0.2, 0.25) is 0 Å². The summed E-state index contributed by atoms with van der Waals surface area (Å²) in [4.78, 5) is 21.0. The van der Waals surface area contributed by atoms with E-state index in [1.165, 1.54) is 0 Å². The molecular formula is C12H16N2O6S. The molecule has 0 aliphatic carbocycles. The molecule has 1 aromatic carbocycles. The lowest BCUT2D eigenvalue weighted by molar-refractivity contribution is -0.384. The zero-order valence-electron chi connectivity index (χ0n) is 11.6. The number of carboxylic acids is 1. The second kappa shape index (κ2) is 6.19. The summed E-state index contributed by atoms with van der Waals surface area (Å²) in [7, 11) is -4.08. The number of nitrogens with zero attached hydrogens (tertiary/aromatic N) is 1. The fourth-order valence-corrected chi connectivity index (χ4v) is 3.31. The van der Waals surface area contributed by atoms with E-state index >= 15 is 0 Å². The number of carbonyl (C=O) groups is 1. The molecule has 0 aromatic heterocycles. The van der Waals surface area contributed by atoms with E-state index in [1.807, 2.05) is 0 Å². The summed E-state index contributed by atoms with van der Waals surface area (Å²) in [6.45, 7) is 3.13. The van der Waals surface area contributed by atoms with E-state index in [9.17, 15) is 28.4 Å². The fraction of sp³-hybridized carbons (Fsp3) is 0.417. The normalized spacial score (nSPS) is 12.1. The van der Waals surface area contributed by atoms with Crippen LogP contribution in [-0.4, -0.2) is 30.0 Å². The number of nitro benzene ring substituents is 1. The molecule has 0 amide bonds. The molecule has 0 fully saturated rings. The van der Waals surface area contributed by atoms with Crippen molar-refractivity contribution in [2.45, 2.75) is 37.1 Å². The highest BCUT2D eigenvalue weighted by Gasteiger charge is 2.39. The predicted octanol–water partition coefficient (Wildman–Crippen LogP) is 1.52. The molecule has 9 heteroatoms. The zero-order chi connectivity index (χ0) is 16.3. The van der Waals surface area contributed by atoms with Gasteiger partial charge >= 0.3 is 5.97 Å². The van der Waals surface area contributed by atoms with Crippen LogP contribution in [0.4, 0.5) is 5.69 Å². The maximum Gasteiger partial charge on any atom is 0.324 e. The quantitative estimate of drug-likeness (QED) is 0.580. The maximum atomic E-state index is 12.2. The Balaban J connectivity index is 3.16. The van der Waals surface area contributed by atoms with Gasteiger partial charge in [0.1, 0.15) is 5.54 Å². The summed E-state index contributed by atoms with van der Waals surface area (Å²) in [5, 5.41) is 19.8. The third kappa shape index (κ3) is 3.56. The second-order valence-corrected chi connectivity index (χ2v) is 6.13. The van der Waals surface area contributed by atoms with Gasteiger partial charge in [-0.25, -0.2) is 8.42 Å². The molecule has 1 rings (SSSR count). The SMILES string of the molecule is CCC(CC)(NS(=O)(=O)c1ccc([N+](=O)[O-])cc1)C(=O)O. The van der Waals surface area contributed by atoms with E-state index in [4.69, 9.17) is 0 Å². The van der Waals surface area contributed by atoms with Crippen LogP contribution in [0.3, 0.4) is 0 Å². The topological polar surface area (TPSA) is 127 Å². The zero-order valence-corrected chi connectivity index (χ0v) is 12.4. The van der Waals surface area contributed by atoms with E-state index < -0.39 is 26.5 Å². The highest BCUT2D eigenvalue weighted by molar-refractivity contribution is 7.89. The monoisotopic (exact) mass is 316 g/mol. The first-order valence-electron chi connectivity index (χ1n) is 6.20. The van der Waals surface area contributed by atoms with Gasteiger partial charge < -0.3 is 5.11 Å². The van der Waals surface area contributed by atoms with Gasteiger partial charge in [-0.2, -0.15) is 4.72 Å². The molecule has 1 aromatic rings. The summed E-state index contributed by atoms with van der Waals surface area (Å²) in [5.41, 5.74) is -1.84. The van der Waals surface area contributed by atoms with E-state index in [1.54, 1.807) is 13.8 Å². The Morgan fingerprint density at radius 1 is 1.29 bits per heavy atom. The Kier molecular flexibility index (Phi) is 5.02. The lowest BCUT2D eigenvalue weighted by atomic mass is 9.95. The number of non-ortho nitro benzene ring substituents is 1.